The van der Waals surface area contributed by atoms with Gasteiger partial charge >= 0.3 is 6.09 Å². The van der Waals surface area contributed by atoms with Crippen LogP contribution in [-0.4, -0.2) is 41.2 Å². The fraction of sp³-hybridized carbons (Fsp3) is 0.516. The molecular formula is C31H47NO5. The molecule has 0 radical (unpaired) electrons. The number of allylic oxidation sites excluding steroid dienone is 3. The van der Waals surface area contributed by atoms with Crippen LogP contribution in [-0.2, 0) is 4.74 Å². The fourth-order valence-corrected chi connectivity index (χ4v) is 4.67. The first-order valence-electron chi connectivity index (χ1n) is 13.1. The molecule has 0 aromatic heterocycles. The number of aliphatic hydroxyl groups excluding tert-OH is 2. The SMILES string of the molecule is C=C/C=C\[C@H](C)C(OC(N)=O)C(C)C(O)C(C)C/C(C)=C\[C@H](C)[C@@H](O)[C@@H](C)/C=C\COc1ccccc1. The van der Waals surface area contributed by atoms with Gasteiger partial charge in [-0.15, -0.1) is 0 Å². The number of benzene rings is 1. The Morgan fingerprint density at radius 1 is 1.00 bits per heavy atom. The van der Waals surface area contributed by atoms with Gasteiger partial charge in [0.05, 0.1) is 12.2 Å². The van der Waals surface area contributed by atoms with Gasteiger partial charge in [-0.2, -0.15) is 0 Å². The number of carbonyl (C=O) groups is 1. The Hall–Kier alpha value is -2.83. The molecule has 0 aliphatic carbocycles. The molecule has 6 heteroatoms. The lowest BCUT2D eigenvalue weighted by Crippen LogP contribution is -2.41. The summed E-state index contributed by atoms with van der Waals surface area (Å²) in [5.74, 6) is 0.156. The molecule has 0 bridgehead atoms. The van der Waals surface area contributed by atoms with Gasteiger partial charge in [0.1, 0.15) is 18.5 Å². The van der Waals surface area contributed by atoms with Crippen molar-refractivity contribution in [2.45, 2.75) is 66.3 Å². The molecule has 1 aromatic carbocycles. The van der Waals surface area contributed by atoms with Gasteiger partial charge < -0.3 is 25.4 Å². The molecule has 6 nitrogen and oxygen atoms in total. The lowest BCUT2D eigenvalue weighted by atomic mass is 9.81. The van der Waals surface area contributed by atoms with Crippen LogP contribution in [0, 0.1) is 29.6 Å². The van der Waals surface area contributed by atoms with Crippen molar-refractivity contribution in [3.05, 3.63) is 78.9 Å². The van der Waals surface area contributed by atoms with Crippen molar-refractivity contribution in [2.75, 3.05) is 6.61 Å². The van der Waals surface area contributed by atoms with E-state index in [2.05, 4.69) is 12.7 Å². The molecular weight excluding hydrogens is 466 g/mol. The summed E-state index contributed by atoms with van der Waals surface area (Å²) in [7, 11) is 0. The van der Waals surface area contributed by atoms with Crippen molar-refractivity contribution in [3.63, 3.8) is 0 Å². The topological polar surface area (TPSA) is 102 Å². The van der Waals surface area contributed by atoms with Crippen LogP contribution in [0.3, 0.4) is 0 Å². The van der Waals surface area contributed by atoms with E-state index in [1.54, 1.807) is 12.2 Å². The standard InChI is InChI=1S/C31H47NO5/c1-8-9-14-23(4)30(37-31(32)35)26(7)29(34)25(6)20-21(2)19-24(5)28(33)22(3)15-13-18-36-27-16-11-10-12-17-27/h8-17,19,22-26,28-30,33-34H,1,18,20H2,2-7H3,(H2,32,35)/b14-9-,15-13-,21-19-/t22-,23-,24-,25?,26?,28-,29?,30?/m0/s1. The Kier molecular flexibility index (Phi) is 14.6. The second kappa shape index (κ2) is 16.8. The number of amides is 1. The van der Waals surface area contributed by atoms with E-state index >= 15 is 0 Å². The highest BCUT2D eigenvalue weighted by Gasteiger charge is 2.33. The van der Waals surface area contributed by atoms with E-state index in [4.69, 9.17) is 15.2 Å². The largest absolute Gasteiger partial charge is 0.490 e. The Balaban J connectivity index is 2.69. The highest BCUT2D eigenvalue weighted by atomic mass is 16.6. The third-order valence-electron chi connectivity index (χ3n) is 6.76. The molecule has 0 saturated heterocycles. The number of carbonyl (C=O) groups excluding carboxylic acids is 1. The average molecular weight is 514 g/mol. The molecule has 0 saturated carbocycles. The van der Waals surface area contributed by atoms with E-state index in [1.807, 2.05) is 90.1 Å². The Bertz CT molecular complexity index is 894. The molecule has 0 aliphatic heterocycles. The molecule has 0 spiro atoms. The number of primary amides is 1. The number of hydrogen-bond acceptors (Lipinski definition) is 5. The smallest absolute Gasteiger partial charge is 0.404 e. The van der Waals surface area contributed by atoms with E-state index < -0.39 is 24.4 Å². The third kappa shape index (κ3) is 11.8. The second-order valence-electron chi connectivity index (χ2n) is 10.2. The molecule has 4 unspecified atom stereocenters. The first-order chi connectivity index (χ1) is 17.5. The minimum Gasteiger partial charge on any atom is -0.490 e. The van der Waals surface area contributed by atoms with E-state index in [-0.39, 0.29) is 29.6 Å². The van der Waals surface area contributed by atoms with Gasteiger partial charge in [-0.05, 0) is 31.4 Å². The summed E-state index contributed by atoms with van der Waals surface area (Å²) in [6.07, 6.45) is 9.27. The number of para-hydroxylation sites is 1. The van der Waals surface area contributed by atoms with Crippen LogP contribution in [0.4, 0.5) is 4.79 Å². The zero-order valence-electron chi connectivity index (χ0n) is 23.3. The lowest BCUT2D eigenvalue weighted by molar-refractivity contribution is -0.0266. The van der Waals surface area contributed by atoms with Crippen LogP contribution < -0.4 is 10.5 Å². The summed E-state index contributed by atoms with van der Waals surface area (Å²) < 4.78 is 11.0. The lowest BCUT2D eigenvalue weighted by Gasteiger charge is -2.33. The monoisotopic (exact) mass is 513 g/mol. The molecule has 206 valence electrons. The normalized spacial score (nSPS) is 19.0. The van der Waals surface area contributed by atoms with Gasteiger partial charge in [0.15, 0.2) is 0 Å². The Morgan fingerprint density at radius 2 is 1.65 bits per heavy atom. The van der Waals surface area contributed by atoms with E-state index in [0.29, 0.717) is 13.0 Å². The van der Waals surface area contributed by atoms with Crippen LogP contribution >= 0.6 is 0 Å². The van der Waals surface area contributed by atoms with Crippen LogP contribution in [0.15, 0.2) is 78.9 Å². The number of hydrogen-bond donors (Lipinski definition) is 3. The van der Waals surface area contributed by atoms with Gasteiger partial charge in [0.25, 0.3) is 0 Å². The zero-order chi connectivity index (χ0) is 28.0. The third-order valence-corrected chi connectivity index (χ3v) is 6.76. The summed E-state index contributed by atoms with van der Waals surface area (Å²) >= 11 is 0. The molecule has 0 aliphatic rings. The molecule has 0 fully saturated rings. The number of aliphatic hydroxyl groups is 2. The Labute approximate surface area is 223 Å². The van der Waals surface area contributed by atoms with Crippen molar-refractivity contribution in [2.24, 2.45) is 35.3 Å². The molecule has 1 amide bonds. The maximum atomic E-state index is 11.5. The van der Waals surface area contributed by atoms with Crippen molar-refractivity contribution in [1.82, 2.24) is 0 Å². The van der Waals surface area contributed by atoms with Crippen molar-refractivity contribution in [3.8, 4) is 5.75 Å². The van der Waals surface area contributed by atoms with Crippen molar-refractivity contribution in [1.29, 1.82) is 0 Å². The van der Waals surface area contributed by atoms with Gasteiger partial charge in [-0.25, -0.2) is 4.79 Å². The van der Waals surface area contributed by atoms with Crippen LogP contribution in [0.2, 0.25) is 0 Å². The minimum absolute atomic E-state index is 0.0433. The first kappa shape index (κ1) is 32.2. The first-order valence-corrected chi connectivity index (χ1v) is 13.1. The summed E-state index contributed by atoms with van der Waals surface area (Å²) in [6.45, 7) is 15.9. The van der Waals surface area contributed by atoms with E-state index in [0.717, 1.165) is 11.3 Å². The van der Waals surface area contributed by atoms with Gasteiger partial charge in [-0.1, -0.05) is 101 Å². The molecule has 0 heterocycles. The minimum atomic E-state index is -0.857. The molecule has 1 aromatic rings. The summed E-state index contributed by atoms with van der Waals surface area (Å²) in [5.41, 5.74) is 6.38. The highest BCUT2D eigenvalue weighted by molar-refractivity contribution is 5.64. The Morgan fingerprint density at radius 3 is 2.24 bits per heavy atom. The van der Waals surface area contributed by atoms with Gasteiger partial charge in [-0.3, -0.25) is 0 Å². The number of rotatable bonds is 16. The van der Waals surface area contributed by atoms with Gasteiger partial charge in [0, 0.05) is 23.7 Å². The maximum Gasteiger partial charge on any atom is 0.404 e. The van der Waals surface area contributed by atoms with E-state index in [9.17, 15) is 15.0 Å². The quantitative estimate of drug-likeness (QED) is 0.184. The molecule has 8 atom stereocenters. The fourth-order valence-electron chi connectivity index (χ4n) is 4.67. The van der Waals surface area contributed by atoms with Crippen molar-refractivity contribution >= 4 is 6.09 Å². The van der Waals surface area contributed by atoms with Crippen LogP contribution in [0.25, 0.3) is 0 Å². The van der Waals surface area contributed by atoms with Crippen LogP contribution in [0.5, 0.6) is 5.75 Å². The molecule has 1 rings (SSSR count). The predicted octanol–water partition coefficient (Wildman–Crippen LogP) is 6.07. The van der Waals surface area contributed by atoms with Crippen LogP contribution in [0.1, 0.15) is 48.0 Å². The maximum absolute atomic E-state index is 11.5. The average Bonchev–Trinajstić information content (AvgIpc) is 2.87. The van der Waals surface area contributed by atoms with Gasteiger partial charge in [0.2, 0.25) is 0 Å². The summed E-state index contributed by atoms with van der Waals surface area (Å²) in [4.78, 5) is 11.5. The summed E-state index contributed by atoms with van der Waals surface area (Å²) in [5, 5.41) is 21.9. The molecule has 37 heavy (non-hydrogen) atoms. The van der Waals surface area contributed by atoms with E-state index in [1.165, 1.54) is 0 Å². The highest BCUT2D eigenvalue weighted by Crippen LogP contribution is 2.29. The zero-order valence-corrected chi connectivity index (χ0v) is 23.3. The molecule has 4 N–H and O–H groups in total. The summed E-state index contributed by atoms with van der Waals surface area (Å²) in [6, 6.07) is 9.62. The second-order valence-corrected chi connectivity index (χ2v) is 10.2. The number of nitrogens with two attached hydrogens (primary N) is 1. The number of ether oxygens (including phenoxy) is 2. The van der Waals surface area contributed by atoms with Crippen molar-refractivity contribution < 1.29 is 24.5 Å². The predicted molar refractivity (Wildman–Crippen MR) is 151 cm³/mol.